The highest BCUT2D eigenvalue weighted by Gasteiger charge is 2.31. The fraction of sp³-hybridized carbons (Fsp3) is 0.0882. The smallest absolute Gasteiger partial charge is 0.351 e. The van der Waals surface area contributed by atoms with E-state index in [1.165, 1.54) is 17.7 Å². The summed E-state index contributed by atoms with van der Waals surface area (Å²) < 4.78 is 22.6. The number of carbonyl (C=O) groups excluding carboxylic acids is 1. The third-order valence-electron chi connectivity index (χ3n) is 6.98. The van der Waals surface area contributed by atoms with Gasteiger partial charge >= 0.3 is 11.6 Å². The molecule has 2 N–H and O–H groups in total. The number of para-hydroxylation sites is 1. The molecule has 0 radical (unpaired) electrons. The first kappa shape index (κ1) is 26.4. The molecule has 0 fully saturated rings. The Kier molecular flexibility index (Phi) is 6.91. The highest BCUT2D eigenvalue weighted by Crippen LogP contribution is 2.44. The molecule has 1 unspecified atom stereocenters. The van der Waals surface area contributed by atoms with Crippen LogP contribution in [0.3, 0.4) is 0 Å². The summed E-state index contributed by atoms with van der Waals surface area (Å²) in [6, 6.07) is 30.8. The molecule has 42 heavy (non-hydrogen) atoms. The van der Waals surface area contributed by atoms with Crippen molar-refractivity contribution in [3.8, 4) is 23.3 Å². The van der Waals surface area contributed by atoms with Crippen molar-refractivity contribution in [1.82, 2.24) is 0 Å². The third-order valence-corrected chi connectivity index (χ3v) is 6.98. The number of allylic oxidation sites excluding steroid dienone is 1. The summed E-state index contributed by atoms with van der Waals surface area (Å²) in [5.41, 5.74) is 9.39. The molecule has 1 aliphatic heterocycles. The van der Waals surface area contributed by atoms with Gasteiger partial charge in [-0.2, -0.15) is 5.26 Å². The number of nitrogens with two attached hydrogens (primary N) is 1. The van der Waals surface area contributed by atoms with Gasteiger partial charge in [-0.05, 0) is 48.4 Å². The second-order valence-electron chi connectivity index (χ2n) is 9.85. The van der Waals surface area contributed by atoms with Gasteiger partial charge in [0.05, 0.1) is 5.92 Å². The van der Waals surface area contributed by atoms with E-state index in [1.807, 2.05) is 55.5 Å². The quantitative estimate of drug-likeness (QED) is 0.151. The van der Waals surface area contributed by atoms with Crippen molar-refractivity contribution < 1.29 is 23.4 Å². The monoisotopic (exact) mass is 556 g/mol. The summed E-state index contributed by atoms with van der Waals surface area (Å²) >= 11 is 0. The van der Waals surface area contributed by atoms with E-state index in [2.05, 4.69) is 6.07 Å². The lowest BCUT2D eigenvalue weighted by atomic mass is 9.83. The fourth-order valence-corrected chi connectivity index (χ4v) is 4.84. The first-order valence-electron chi connectivity index (χ1n) is 13.1. The van der Waals surface area contributed by atoms with Gasteiger partial charge in [-0.15, -0.1) is 0 Å². The highest BCUT2D eigenvalue weighted by molar-refractivity contribution is 5.94. The maximum Gasteiger partial charge on any atom is 0.351 e. The molecule has 2 heterocycles. The zero-order valence-corrected chi connectivity index (χ0v) is 22.5. The van der Waals surface area contributed by atoms with Crippen LogP contribution in [0.1, 0.15) is 38.5 Å². The summed E-state index contributed by atoms with van der Waals surface area (Å²) in [6.45, 7) is 2.42. The van der Waals surface area contributed by atoms with Crippen LogP contribution in [0.2, 0.25) is 0 Å². The molecule has 0 saturated heterocycles. The Balaban J connectivity index is 1.28. The number of carbonyl (C=O) groups is 1. The minimum atomic E-state index is -0.874. The van der Waals surface area contributed by atoms with Crippen LogP contribution in [0.25, 0.3) is 11.0 Å². The molecule has 5 aromatic rings. The second-order valence-corrected chi connectivity index (χ2v) is 9.85. The van der Waals surface area contributed by atoms with E-state index in [0.29, 0.717) is 34.6 Å². The summed E-state index contributed by atoms with van der Waals surface area (Å²) in [7, 11) is 0. The number of nitrogens with zero attached hydrogens (tertiary/aromatic N) is 1. The van der Waals surface area contributed by atoms with Gasteiger partial charge in [-0.25, -0.2) is 9.59 Å². The van der Waals surface area contributed by atoms with Crippen LogP contribution in [0.5, 0.6) is 17.2 Å². The first-order valence-corrected chi connectivity index (χ1v) is 13.1. The molecule has 206 valence electrons. The average molecular weight is 557 g/mol. The van der Waals surface area contributed by atoms with Gasteiger partial charge in [0.1, 0.15) is 46.6 Å². The largest absolute Gasteiger partial charge is 0.489 e. The lowest BCUT2D eigenvalue weighted by molar-refractivity contribution is 0.0730. The van der Waals surface area contributed by atoms with Gasteiger partial charge < -0.3 is 24.4 Å². The lowest BCUT2D eigenvalue weighted by Crippen LogP contribution is -2.22. The summed E-state index contributed by atoms with van der Waals surface area (Å²) in [5.74, 6) is -0.386. The lowest BCUT2D eigenvalue weighted by Gasteiger charge is -2.27. The van der Waals surface area contributed by atoms with Crippen molar-refractivity contribution in [2.24, 2.45) is 5.73 Å². The molecule has 0 bridgehead atoms. The molecule has 1 aliphatic rings. The van der Waals surface area contributed by atoms with Crippen LogP contribution in [-0.2, 0) is 6.61 Å². The molecule has 1 aromatic heterocycles. The van der Waals surface area contributed by atoms with E-state index >= 15 is 0 Å². The number of ether oxygens (including phenoxy) is 3. The zero-order valence-electron chi connectivity index (χ0n) is 22.5. The number of nitriles is 1. The average Bonchev–Trinajstić information content (AvgIpc) is 2.99. The summed E-state index contributed by atoms with van der Waals surface area (Å²) in [4.78, 5) is 25.3. The van der Waals surface area contributed by atoms with Gasteiger partial charge in [0.15, 0.2) is 0 Å². The van der Waals surface area contributed by atoms with Crippen molar-refractivity contribution in [2.45, 2.75) is 19.4 Å². The zero-order chi connectivity index (χ0) is 29.2. The predicted molar refractivity (Wildman–Crippen MR) is 155 cm³/mol. The van der Waals surface area contributed by atoms with E-state index in [1.54, 1.807) is 36.4 Å². The van der Waals surface area contributed by atoms with Crippen molar-refractivity contribution in [3.05, 3.63) is 147 Å². The normalized spacial score (nSPS) is 14.0. The molecule has 4 aromatic carbocycles. The minimum Gasteiger partial charge on any atom is -0.489 e. The maximum atomic E-state index is 12.9. The number of esters is 1. The molecule has 0 spiro atoms. The van der Waals surface area contributed by atoms with Gasteiger partial charge in [0.2, 0.25) is 5.88 Å². The molecule has 0 aliphatic carbocycles. The van der Waals surface area contributed by atoms with E-state index < -0.39 is 17.5 Å². The van der Waals surface area contributed by atoms with Crippen LogP contribution in [0.4, 0.5) is 0 Å². The second kappa shape index (κ2) is 11.0. The van der Waals surface area contributed by atoms with Gasteiger partial charge in [0.25, 0.3) is 0 Å². The molecule has 8 heteroatoms. The number of benzene rings is 4. The Morgan fingerprint density at radius 3 is 2.57 bits per heavy atom. The first-order chi connectivity index (χ1) is 20.4. The fourth-order valence-electron chi connectivity index (χ4n) is 4.84. The van der Waals surface area contributed by atoms with Gasteiger partial charge in [-0.1, -0.05) is 66.2 Å². The number of hydrogen-bond donors (Lipinski definition) is 1. The van der Waals surface area contributed by atoms with E-state index in [4.69, 9.17) is 24.4 Å². The predicted octanol–water partition coefficient (Wildman–Crippen LogP) is 6.12. The number of aryl methyl sites for hydroxylation is 1. The van der Waals surface area contributed by atoms with E-state index in [-0.39, 0.29) is 22.8 Å². The molecular weight excluding hydrogens is 532 g/mol. The molecule has 8 nitrogen and oxygen atoms in total. The highest BCUT2D eigenvalue weighted by atomic mass is 16.5. The SMILES string of the molecule is Cc1ccc(COc2cccc(C3C(C#N)=C(N)Oc4cc(OC(=O)c5cc6ccccc6oc5=O)ccc43)c2)cc1. The minimum absolute atomic E-state index is 0.0559. The topological polar surface area (TPSA) is 125 Å². The number of rotatable bonds is 6. The van der Waals surface area contributed by atoms with Crippen LogP contribution < -0.4 is 25.6 Å². The maximum absolute atomic E-state index is 12.9. The van der Waals surface area contributed by atoms with Crippen molar-refractivity contribution in [1.29, 1.82) is 5.26 Å². The summed E-state index contributed by atoms with van der Waals surface area (Å²) in [6.07, 6.45) is 0. The molecule has 1 atom stereocenters. The molecule has 0 saturated carbocycles. The molecule has 0 amide bonds. The van der Waals surface area contributed by atoms with Crippen LogP contribution >= 0.6 is 0 Å². The van der Waals surface area contributed by atoms with Crippen LogP contribution in [0.15, 0.2) is 118 Å². The van der Waals surface area contributed by atoms with Gasteiger partial charge in [0, 0.05) is 17.0 Å². The van der Waals surface area contributed by atoms with E-state index in [9.17, 15) is 14.9 Å². The van der Waals surface area contributed by atoms with Crippen molar-refractivity contribution >= 4 is 16.9 Å². The van der Waals surface area contributed by atoms with Crippen LogP contribution in [-0.4, -0.2) is 5.97 Å². The standard InChI is InChI=1S/C34H24N2O6/c1-20-9-11-21(12-10-20)19-39-24-7-4-6-23(15-24)31-26-14-13-25(17-30(26)41-32(36)28(31)18-35)40-33(37)27-16-22-5-2-3-8-29(22)42-34(27)38/h2-17,31H,19,36H2,1H3. The number of hydrogen-bond acceptors (Lipinski definition) is 8. The third kappa shape index (κ3) is 5.19. The van der Waals surface area contributed by atoms with Crippen LogP contribution in [0, 0.1) is 18.3 Å². The molecular formula is C34H24N2O6. The number of fused-ring (bicyclic) bond motifs is 2. The van der Waals surface area contributed by atoms with Crippen molar-refractivity contribution in [3.63, 3.8) is 0 Å². The van der Waals surface area contributed by atoms with Crippen molar-refractivity contribution in [2.75, 3.05) is 0 Å². The Bertz CT molecular complexity index is 1970. The Morgan fingerprint density at radius 2 is 1.76 bits per heavy atom. The Morgan fingerprint density at radius 1 is 0.952 bits per heavy atom. The summed E-state index contributed by atoms with van der Waals surface area (Å²) in [5, 5.41) is 10.5. The Labute approximate surface area is 240 Å². The van der Waals surface area contributed by atoms with Gasteiger partial charge in [-0.3, -0.25) is 0 Å². The molecule has 6 rings (SSSR count). The Hall–Kier alpha value is -5.81. The van der Waals surface area contributed by atoms with E-state index in [0.717, 1.165) is 11.1 Å².